The zero-order chi connectivity index (χ0) is 20.4. The van der Waals surface area contributed by atoms with E-state index in [2.05, 4.69) is 56.4 Å². The fourth-order valence-electron chi connectivity index (χ4n) is 4.03. The molecule has 1 heterocycles. The van der Waals surface area contributed by atoms with E-state index in [-0.39, 0.29) is 18.1 Å². The van der Waals surface area contributed by atoms with Crippen molar-refractivity contribution in [1.82, 2.24) is 0 Å². The van der Waals surface area contributed by atoms with E-state index in [1.165, 1.54) is 5.57 Å². The SMILES string of the molecule is CC1=CC(C)(C)Nc2ccc(-c3ccccc3)c(COC(=O)c3ccccc3)c21. The molecule has 1 N–H and O–H groups in total. The maximum Gasteiger partial charge on any atom is 0.338 e. The number of hydrogen-bond acceptors (Lipinski definition) is 3. The summed E-state index contributed by atoms with van der Waals surface area (Å²) in [5, 5.41) is 3.59. The number of allylic oxidation sites excluding steroid dienone is 1. The van der Waals surface area contributed by atoms with Crippen molar-refractivity contribution in [3.8, 4) is 11.1 Å². The quantitative estimate of drug-likeness (QED) is 0.536. The third-order valence-corrected chi connectivity index (χ3v) is 5.18. The molecule has 146 valence electrons. The Balaban J connectivity index is 1.76. The van der Waals surface area contributed by atoms with E-state index in [1.807, 2.05) is 36.4 Å². The second kappa shape index (κ2) is 7.59. The first-order valence-electron chi connectivity index (χ1n) is 9.86. The molecule has 0 saturated carbocycles. The molecule has 0 aliphatic carbocycles. The van der Waals surface area contributed by atoms with Crippen LogP contribution in [0.25, 0.3) is 16.7 Å². The van der Waals surface area contributed by atoms with Gasteiger partial charge in [0.1, 0.15) is 6.61 Å². The van der Waals surface area contributed by atoms with Crippen molar-refractivity contribution in [3.63, 3.8) is 0 Å². The van der Waals surface area contributed by atoms with Crippen LogP contribution in [0.5, 0.6) is 0 Å². The molecule has 0 fully saturated rings. The molecule has 29 heavy (non-hydrogen) atoms. The van der Waals surface area contributed by atoms with Gasteiger partial charge in [-0.1, -0.05) is 60.7 Å². The van der Waals surface area contributed by atoms with Crippen molar-refractivity contribution in [3.05, 3.63) is 95.6 Å². The van der Waals surface area contributed by atoms with Crippen LogP contribution < -0.4 is 5.32 Å². The van der Waals surface area contributed by atoms with Crippen molar-refractivity contribution >= 4 is 17.2 Å². The van der Waals surface area contributed by atoms with Crippen LogP contribution in [0.4, 0.5) is 5.69 Å². The lowest BCUT2D eigenvalue weighted by Gasteiger charge is -2.33. The molecule has 3 aromatic carbocycles. The lowest BCUT2D eigenvalue weighted by Crippen LogP contribution is -2.32. The van der Waals surface area contributed by atoms with Gasteiger partial charge in [0.25, 0.3) is 0 Å². The van der Waals surface area contributed by atoms with Crippen LogP contribution in [-0.4, -0.2) is 11.5 Å². The Kier molecular flexibility index (Phi) is 4.98. The van der Waals surface area contributed by atoms with Crippen LogP contribution in [0.15, 0.2) is 78.9 Å². The lowest BCUT2D eigenvalue weighted by atomic mass is 9.85. The van der Waals surface area contributed by atoms with Gasteiger partial charge >= 0.3 is 5.97 Å². The van der Waals surface area contributed by atoms with E-state index in [9.17, 15) is 4.79 Å². The minimum atomic E-state index is -0.312. The second-order valence-electron chi connectivity index (χ2n) is 8.00. The number of nitrogens with one attached hydrogen (secondary N) is 1. The van der Waals surface area contributed by atoms with Crippen LogP contribution in [-0.2, 0) is 11.3 Å². The van der Waals surface area contributed by atoms with Crippen LogP contribution in [0.3, 0.4) is 0 Å². The van der Waals surface area contributed by atoms with Gasteiger partial charge in [-0.05, 0) is 55.7 Å². The summed E-state index contributed by atoms with van der Waals surface area (Å²) in [6, 6.07) is 23.6. The summed E-state index contributed by atoms with van der Waals surface area (Å²) in [4.78, 5) is 12.6. The Hall–Kier alpha value is -3.33. The smallest absolute Gasteiger partial charge is 0.338 e. The van der Waals surface area contributed by atoms with Gasteiger partial charge in [0.05, 0.1) is 11.1 Å². The first-order valence-corrected chi connectivity index (χ1v) is 9.86. The van der Waals surface area contributed by atoms with Crippen LogP contribution in [0.1, 0.15) is 42.3 Å². The predicted molar refractivity (Wildman–Crippen MR) is 119 cm³/mol. The fraction of sp³-hybridized carbons (Fsp3) is 0.192. The first-order chi connectivity index (χ1) is 13.9. The summed E-state index contributed by atoms with van der Waals surface area (Å²) in [6.45, 7) is 6.65. The molecule has 0 aromatic heterocycles. The molecule has 0 saturated heterocycles. The minimum absolute atomic E-state index is 0.122. The number of fused-ring (bicyclic) bond motifs is 1. The Labute approximate surface area is 172 Å². The van der Waals surface area contributed by atoms with Gasteiger partial charge in [0.15, 0.2) is 0 Å². The number of carbonyl (C=O) groups excluding carboxylic acids is 1. The molecule has 4 rings (SSSR count). The van der Waals surface area contributed by atoms with E-state index in [0.717, 1.165) is 27.9 Å². The number of benzene rings is 3. The molecule has 0 bridgehead atoms. The number of ether oxygens (including phenoxy) is 1. The average molecular weight is 383 g/mol. The van der Waals surface area contributed by atoms with Gasteiger partial charge in [-0.15, -0.1) is 0 Å². The largest absolute Gasteiger partial charge is 0.457 e. The fourth-order valence-corrected chi connectivity index (χ4v) is 4.03. The van der Waals surface area contributed by atoms with Crippen molar-refractivity contribution < 1.29 is 9.53 Å². The highest BCUT2D eigenvalue weighted by Gasteiger charge is 2.26. The average Bonchev–Trinajstić information content (AvgIpc) is 2.72. The van der Waals surface area contributed by atoms with Crippen molar-refractivity contribution in [2.24, 2.45) is 0 Å². The number of anilines is 1. The third-order valence-electron chi connectivity index (χ3n) is 5.18. The molecular formula is C26H25NO2. The summed E-state index contributed by atoms with van der Waals surface area (Å²) in [5.41, 5.74) is 7.03. The van der Waals surface area contributed by atoms with E-state index in [1.54, 1.807) is 12.1 Å². The van der Waals surface area contributed by atoms with Crippen LogP contribution in [0, 0.1) is 0 Å². The highest BCUT2D eigenvalue weighted by atomic mass is 16.5. The Morgan fingerprint density at radius 3 is 2.28 bits per heavy atom. The predicted octanol–water partition coefficient (Wildman–Crippen LogP) is 6.32. The van der Waals surface area contributed by atoms with Crippen LogP contribution >= 0.6 is 0 Å². The van der Waals surface area contributed by atoms with E-state index < -0.39 is 0 Å². The second-order valence-corrected chi connectivity index (χ2v) is 8.00. The molecule has 3 nitrogen and oxygen atoms in total. The van der Waals surface area contributed by atoms with Crippen molar-refractivity contribution in [2.75, 3.05) is 5.32 Å². The Morgan fingerprint density at radius 2 is 1.59 bits per heavy atom. The molecule has 1 aliphatic heterocycles. The molecule has 0 radical (unpaired) electrons. The zero-order valence-electron chi connectivity index (χ0n) is 17.0. The maximum atomic E-state index is 12.6. The molecule has 0 unspecified atom stereocenters. The van der Waals surface area contributed by atoms with Gasteiger partial charge in [-0.3, -0.25) is 0 Å². The van der Waals surface area contributed by atoms with E-state index >= 15 is 0 Å². The monoisotopic (exact) mass is 383 g/mol. The summed E-state index contributed by atoms with van der Waals surface area (Å²) in [6.07, 6.45) is 2.23. The Bertz CT molecular complexity index is 1070. The molecule has 3 heteroatoms. The first kappa shape index (κ1) is 19.0. The molecule has 3 aromatic rings. The molecule has 0 spiro atoms. The van der Waals surface area contributed by atoms with Gasteiger partial charge in [-0.25, -0.2) is 4.79 Å². The highest BCUT2D eigenvalue weighted by molar-refractivity contribution is 5.90. The normalized spacial score (nSPS) is 14.4. The van der Waals surface area contributed by atoms with Gasteiger partial charge in [0.2, 0.25) is 0 Å². The van der Waals surface area contributed by atoms with Gasteiger partial charge in [-0.2, -0.15) is 0 Å². The van der Waals surface area contributed by atoms with Gasteiger partial charge in [0, 0.05) is 16.8 Å². The summed E-state index contributed by atoms with van der Waals surface area (Å²) < 4.78 is 5.75. The molecule has 0 amide bonds. The maximum absolute atomic E-state index is 12.6. The van der Waals surface area contributed by atoms with Gasteiger partial charge < -0.3 is 10.1 Å². The standard InChI is InChI=1S/C26H25NO2/c1-18-16-26(2,3)27-23-15-14-21(19-10-6-4-7-11-19)22(24(18)23)17-29-25(28)20-12-8-5-9-13-20/h4-16,27H,17H2,1-3H3. The molecular weight excluding hydrogens is 358 g/mol. The van der Waals surface area contributed by atoms with E-state index in [0.29, 0.717) is 5.56 Å². The molecule has 1 aliphatic rings. The van der Waals surface area contributed by atoms with Crippen LogP contribution in [0.2, 0.25) is 0 Å². The number of esters is 1. The highest BCUT2D eigenvalue weighted by Crippen LogP contribution is 2.40. The Morgan fingerprint density at radius 1 is 0.931 bits per heavy atom. The summed E-state index contributed by atoms with van der Waals surface area (Å²) >= 11 is 0. The summed E-state index contributed by atoms with van der Waals surface area (Å²) in [7, 11) is 0. The number of hydrogen-bond donors (Lipinski definition) is 1. The molecule has 0 atom stereocenters. The van der Waals surface area contributed by atoms with Crippen molar-refractivity contribution in [1.29, 1.82) is 0 Å². The zero-order valence-corrected chi connectivity index (χ0v) is 17.0. The minimum Gasteiger partial charge on any atom is -0.457 e. The topological polar surface area (TPSA) is 38.3 Å². The summed E-state index contributed by atoms with van der Waals surface area (Å²) in [5.74, 6) is -0.312. The van der Waals surface area contributed by atoms with Crippen molar-refractivity contribution in [2.45, 2.75) is 32.9 Å². The number of rotatable bonds is 4. The lowest BCUT2D eigenvalue weighted by molar-refractivity contribution is 0.0473. The number of carbonyl (C=O) groups is 1. The van der Waals surface area contributed by atoms with E-state index in [4.69, 9.17) is 4.74 Å². The third kappa shape index (κ3) is 3.95.